The molecule has 0 unspecified atom stereocenters. The van der Waals surface area contributed by atoms with E-state index in [1.165, 1.54) is 19.3 Å². The maximum absolute atomic E-state index is 12.4. The van der Waals surface area contributed by atoms with Crippen molar-refractivity contribution in [3.8, 4) is 11.5 Å². The summed E-state index contributed by atoms with van der Waals surface area (Å²) >= 11 is 0. The predicted molar refractivity (Wildman–Crippen MR) is 98.9 cm³/mol. The van der Waals surface area contributed by atoms with Crippen molar-refractivity contribution in [3.63, 3.8) is 0 Å². The van der Waals surface area contributed by atoms with E-state index >= 15 is 0 Å². The van der Waals surface area contributed by atoms with Gasteiger partial charge in [-0.3, -0.25) is 14.5 Å². The van der Waals surface area contributed by atoms with Crippen LogP contribution in [-0.2, 0) is 4.79 Å². The molecule has 0 radical (unpaired) electrons. The van der Waals surface area contributed by atoms with Crippen molar-refractivity contribution in [3.05, 3.63) is 23.8 Å². The first kappa shape index (κ1) is 18.7. The van der Waals surface area contributed by atoms with Crippen LogP contribution in [0.25, 0.3) is 0 Å². The maximum atomic E-state index is 12.4. The molecule has 6 nitrogen and oxygen atoms in total. The van der Waals surface area contributed by atoms with Crippen LogP contribution in [0.2, 0.25) is 0 Å². The highest BCUT2D eigenvalue weighted by atomic mass is 16.5. The van der Waals surface area contributed by atoms with Gasteiger partial charge in [-0.25, -0.2) is 0 Å². The molecule has 0 atom stereocenters. The number of piperazine rings is 1. The first-order valence-corrected chi connectivity index (χ1v) is 9.39. The van der Waals surface area contributed by atoms with Gasteiger partial charge >= 0.3 is 0 Å². The average molecular weight is 360 g/mol. The van der Waals surface area contributed by atoms with E-state index in [1.54, 1.807) is 32.4 Å². The van der Waals surface area contributed by atoms with Crippen LogP contribution in [0.15, 0.2) is 18.2 Å². The number of hydrogen-bond acceptors (Lipinski definition) is 5. The Morgan fingerprint density at radius 2 is 1.69 bits per heavy atom. The van der Waals surface area contributed by atoms with Crippen molar-refractivity contribution in [1.29, 1.82) is 0 Å². The Bertz CT molecular complexity index is 649. The van der Waals surface area contributed by atoms with Crippen molar-refractivity contribution >= 4 is 11.7 Å². The molecule has 2 fully saturated rings. The Balaban J connectivity index is 1.47. The monoisotopic (exact) mass is 360 g/mol. The van der Waals surface area contributed by atoms with Crippen molar-refractivity contribution < 1.29 is 19.1 Å². The Hall–Kier alpha value is -2.08. The molecule has 1 aromatic rings. The summed E-state index contributed by atoms with van der Waals surface area (Å²) in [7, 11) is 3.10. The van der Waals surface area contributed by atoms with Gasteiger partial charge in [-0.1, -0.05) is 6.42 Å². The molecule has 26 heavy (non-hydrogen) atoms. The molecule has 1 heterocycles. The fraction of sp³-hybridized carbons (Fsp3) is 0.600. The van der Waals surface area contributed by atoms with Gasteiger partial charge in [0.2, 0.25) is 5.91 Å². The second kappa shape index (κ2) is 8.54. The zero-order valence-corrected chi connectivity index (χ0v) is 15.7. The van der Waals surface area contributed by atoms with Crippen molar-refractivity contribution in [1.82, 2.24) is 9.80 Å². The minimum Gasteiger partial charge on any atom is -0.493 e. The fourth-order valence-electron chi connectivity index (χ4n) is 3.62. The summed E-state index contributed by atoms with van der Waals surface area (Å²) in [6, 6.07) is 5.83. The van der Waals surface area contributed by atoms with Crippen LogP contribution in [0, 0.1) is 0 Å². The van der Waals surface area contributed by atoms with Gasteiger partial charge in [-0.05, 0) is 31.0 Å². The van der Waals surface area contributed by atoms with Gasteiger partial charge in [-0.2, -0.15) is 0 Å². The summed E-state index contributed by atoms with van der Waals surface area (Å²) in [6.07, 6.45) is 4.41. The van der Waals surface area contributed by atoms with Crippen LogP contribution in [0.4, 0.5) is 0 Å². The second-order valence-electron chi connectivity index (χ2n) is 6.99. The first-order chi connectivity index (χ1) is 12.6. The minimum atomic E-state index is -0.0487. The maximum Gasteiger partial charge on any atom is 0.223 e. The Morgan fingerprint density at radius 3 is 2.27 bits per heavy atom. The van der Waals surface area contributed by atoms with Gasteiger partial charge in [0.05, 0.1) is 14.2 Å². The highest BCUT2D eigenvalue weighted by molar-refractivity contribution is 5.98. The number of ether oxygens (including phenoxy) is 2. The third-order valence-corrected chi connectivity index (χ3v) is 5.53. The van der Waals surface area contributed by atoms with E-state index in [4.69, 9.17) is 9.47 Å². The van der Waals surface area contributed by atoms with Crippen molar-refractivity contribution in [2.45, 2.75) is 38.1 Å². The summed E-state index contributed by atoms with van der Waals surface area (Å²) in [4.78, 5) is 29.2. The second-order valence-corrected chi connectivity index (χ2v) is 6.99. The van der Waals surface area contributed by atoms with E-state index in [0.29, 0.717) is 17.1 Å². The zero-order chi connectivity index (χ0) is 18.5. The predicted octanol–water partition coefficient (Wildman–Crippen LogP) is 2.36. The Labute approximate surface area is 155 Å². The Morgan fingerprint density at radius 1 is 1.00 bits per heavy atom. The van der Waals surface area contributed by atoms with Gasteiger partial charge < -0.3 is 14.4 Å². The molecule has 0 bridgehead atoms. The molecule has 142 valence electrons. The lowest BCUT2D eigenvalue weighted by molar-refractivity contribution is -0.133. The number of methoxy groups -OCH3 is 2. The van der Waals surface area contributed by atoms with Crippen LogP contribution in [-0.4, -0.2) is 67.9 Å². The molecule has 1 aliphatic heterocycles. The van der Waals surface area contributed by atoms with E-state index in [2.05, 4.69) is 4.90 Å². The molecule has 1 aromatic carbocycles. The SMILES string of the molecule is COc1ccc(C(=O)CCC(=O)N2CCN(C3CCC3)CC2)cc1OC. The lowest BCUT2D eigenvalue weighted by Gasteiger charge is -2.43. The van der Waals surface area contributed by atoms with Crippen molar-refractivity contribution in [2.24, 2.45) is 0 Å². The van der Waals surface area contributed by atoms with Gasteiger partial charge in [0, 0.05) is 50.6 Å². The molecule has 0 aromatic heterocycles. The smallest absolute Gasteiger partial charge is 0.223 e. The largest absolute Gasteiger partial charge is 0.493 e. The minimum absolute atomic E-state index is 0.0487. The molecule has 1 aliphatic carbocycles. The number of amides is 1. The van der Waals surface area contributed by atoms with Gasteiger partial charge in [0.1, 0.15) is 0 Å². The molecule has 6 heteroatoms. The van der Waals surface area contributed by atoms with E-state index in [9.17, 15) is 9.59 Å². The molecule has 0 spiro atoms. The fourth-order valence-corrected chi connectivity index (χ4v) is 3.62. The number of nitrogens with zero attached hydrogens (tertiary/aromatic N) is 2. The summed E-state index contributed by atoms with van der Waals surface area (Å²) < 4.78 is 10.4. The molecular formula is C20H28N2O4. The van der Waals surface area contributed by atoms with Crippen molar-refractivity contribution in [2.75, 3.05) is 40.4 Å². The van der Waals surface area contributed by atoms with E-state index in [-0.39, 0.29) is 24.5 Å². The van der Waals surface area contributed by atoms with Crippen LogP contribution < -0.4 is 9.47 Å². The normalized spacial score (nSPS) is 18.3. The number of Topliss-reactive ketones (excluding diaryl/α,β-unsaturated/α-hetero) is 1. The van der Waals surface area contributed by atoms with E-state index < -0.39 is 0 Å². The van der Waals surface area contributed by atoms with Crippen LogP contribution in [0.1, 0.15) is 42.5 Å². The highest BCUT2D eigenvalue weighted by Crippen LogP contribution is 2.28. The number of benzene rings is 1. The molecule has 1 saturated carbocycles. The lowest BCUT2D eigenvalue weighted by Crippen LogP contribution is -2.53. The lowest BCUT2D eigenvalue weighted by atomic mass is 9.91. The van der Waals surface area contributed by atoms with E-state index in [0.717, 1.165) is 32.2 Å². The average Bonchev–Trinajstić information content (AvgIpc) is 2.64. The topological polar surface area (TPSA) is 59.1 Å². The number of carbonyl (C=O) groups is 2. The summed E-state index contributed by atoms with van der Waals surface area (Å²) in [5.41, 5.74) is 0.547. The standard InChI is InChI=1S/C20H28N2O4/c1-25-18-8-6-15(14-19(18)26-2)17(23)7-9-20(24)22-12-10-21(11-13-22)16-4-3-5-16/h6,8,14,16H,3-5,7,9-13H2,1-2H3. The summed E-state index contributed by atoms with van der Waals surface area (Å²) in [6.45, 7) is 3.47. The summed E-state index contributed by atoms with van der Waals surface area (Å²) in [5, 5.41) is 0. The van der Waals surface area contributed by atoms with Gasteiger partial charge in [-0.15, -0.1) is 0 Å². The third-order valence-electron chi connectivity index (χ3n) is 5.53. The number of carbonyl (C=O) groups excluding carboxylic acids is 2. The van der Waals surface area contributed by atoms with E-state index in [1.807, 2.05) is 4.90 Å². The van der Waals surface area contributed by atoms with Crippen LogP contribution >= 0.6 is 0 Å². The quantitative estimate of drug-likeness (QED) is 0.699. The molecule has 2 aliphatic rings. The number of hydrogen-bond donors (Lipinski definition) is 0. The zero-order valence-electron chi connectivity index (χ0n) is 15.7. The number of ketones is 1. The van der Waals surface area contributed by atoms with Gasteiger partial charge in [0.15, 0.2) is 17.3 Å². The highest BCUT2D eigenvalue weighted by Gasteiger charge is 2.29. The van der Waals surface area contributed by atoms with Crippen LogP contribution in [0.3, 0.4) is 0 Å². The molecule has 1 amide bonds. The molecular weight excluding hydrogens is 332 g/mol. The third kappa shape index (κ3) is 4.18. The summed E-state index contributed by atoms with van der Waals surface area (Å²) in [5.74, 6) is 1.14. The molecule has 0 N–H and O–H groups in total. The molecule has 1 saturated heterocycles. The first-order valence-electron chi connectivity index (χ1n) is 9.39. The van der Waals surface area contributed by atoms with Crippen LogP contribution in [0.5, 0.6) is 11.5 Å². The molecule has 3 rings (SSSR count). The van der Waals surface area contributed by atoms with Gasteiger partial charge in [0.25, 0.3) is 0 Å². The Kier molecular flexibility index (Phi) is 6.14. The number of rotatable bonds is 7.